The Morgan fingerprint density at radius 2 is 1.86 bits per heavy atom. The van der Waals surface area contributed by atoms with Crippen molar-refractivity contribution in [1.82, 2.24) is 15.5 Å². The molecule has 0 spiro atoms. The number of likely N-dealkylation sites (N-methyl/N-ethyl adjacent to an activating group) is 1. The monoisotopic (exact) mass is 505 g/mol. The van der Waals surface area contributed by atoms with Crippen LogP contribution < -0.4 is 10.6 Å². The Morgan fingerprint density at radius 1 is 1.14 bits per heavy atom. The summed E-state index contributed by atoms with van der Waals surface area (Å²) < 4.78 is 0. The molecule has 2 aromatic rings. The minimum atomic E-state index is -0.296. The van der Waals surface area contributed by atoms with Crippen LogP contribution in [0.3, 0.4) is 0 Å². The van der Waals surface area contributed by atoms with Gasteiger partial charge in [-0.15, -0.1) is 12.4 Å². The van der Waals surface area contributed by atoms with E-state index in [1.165, 1.54) is 5.56 Å². The summed E-state index contributed by atoms with van der Waals surface area (Å²) in [6.45, 7) is 9.65. The molecule has 0 aromatic heterocycles. The summed E-state index contributed by atoms with van der Waals surface area (Å²) in [5.41, 5.74) is 2.17. The van der Waals surface area contributed by atoms with E-state index in [0.29, 0.717) is 24.6 Å². The van der Waals surface area contributed by atoms with E-state index in [4.69, 9.17) is 0 Å². The maximum absolute atomic E-state index is 13.0. The number of likely N-dealkylation sites (tertiary alicyclic amines) is 1. The molecule has 0 radical (unpaired) electrons. The number of carbonyl (C=O) groups is 2. The van der Waals surface area contributed by atoms with Crippen LogP contribution in [0.15, 0.2) is 54.6 Å². The second-order valence-corrected chi connectivity index (χ2v) is 9.34. The van der Waals surface area contributed by atoms with Gasteiger partial charge in [0.1, 0.15) is 5.75 Å². The zero-order chi connectivity index (χ0) is 23.8. The van der Waals surface area contributed by atoms with Crippen molar-refractivity contribution in [2.24, 2.45) is 5.92 Å². The van der Waals surface area contributed by atoms with Crippen LogP contribution >= 0.6 is 12.4 Å². The lowest BCUT2D eigenvalue weighted by molar-refractivity contribution is -0.127. The van der Waals surface area contributed by atoms with Gasteiger partial charge in [0.05, 0.1) is 12.5 Å². The number of carbonyl (C=O) groups excluding carboxylic acids is 2. The number of aromatic hydroxyl groups is 1. The number of hydrogen-bond donors (Lipinski definition) is 3. The van der Waals surface area contributed by atoms with Crippen LogP contribution in [0.1, 0.15) is 50.7 Å². The third-order valence-corrected chi connectivity index (χ3v) is 7.12. The number of rotatable bonds is 9. The molecule has 35 heavy (non-hydrogen) atoms. The molecule has 3 atom stereocenters. The summed E-state index contributed by atoms with van der Waals surface area (Å²) in [5, 5.41) is 15.5. The highest BCUT2D eigenvalue weighted by Crippen LogP contribution is 2.40. The van der Waals surface area contributed by atoms with Crippen LogP contribution in [-0.2, 0) is 15.0 Å². The van der Waals surface area contributed by atoms with E-state index in [2.05, 4.69) is 35.4 Å². The van der Waals surface area contributed by atoms with Crippen molar-refractivity contribution in [3.05, 3.63) is 65.7 Å². The molecule has 2 aromatic carbocycles. The van der Waals surface area contributed by atoms with Crippen molar-refractivity contribution in [3.63, 3.8) is 0 Å². The average Bonchev–Trinajstić information content (AvgIpc) is 2.81. The van der Waals surface area contributed by atoms with Crippen molar-refractivity contribution < 1.29 is 20.2 Å². The first-order chi connectivity index (χ1) is 15.8. The van der Waals surface area contributed by atoms with Gasteiger partial charge >= 0.3 is 0 Å². The van der Waals surface area contributed by atoms with Crippen LogP contribution in [0.4, 0.5) is 0 Å². The Balaban J connectivity index is 0.00000306. The van der Waals surface area contributed by atoms with E-state index in [0.717, 1.165) is 31.6 Å². The molecule has 1 fully saturated rings. The van der Waals surface area contributed by atoms with Gasteiger partial charge < -0.3 is 26.1 Å². The summed E-state index contributed by atoms with van der Waals surface area (Å²) in [6.07, 6.45) is 1.69. The van der Waals surface area contributed by atoms with Gasteiger partial charge in [-0.25, -0.2) is 0 Å². The number of hydrogen-bond acceptors (Lipinski definition) is 4. The minimum Gasteiger partial charge on any atom is -0.508 e. The fourth-order valence-electron chi connectivity index (χ4n) is 4.81. The van der Waals surface area contributed by atoms with Crippen molar-refractivity contribution in [1.29, 1.82) is 0 Å². The van der Waals surface area contributed by atoms with Gasteiger partial charge in [-0.2, -0.15) is 0 Å². The highest BCUT2D eigenvalue weighted by molar-refractivity contribution is 5.88. The molecule has 5 N–H and O–H groups in total. The molecule has 2 amide bonds. The van der Waals surface area contributed by atoms with Gasteiger partial charge in [-0.05, 0) is 67.4 Å². The lowest BCUT2D eigenvalue weighted by Gasteiger charge is -2.45. The van der Waals surface area contributed by atoms with E-state index in [1.807, 2.05) is 49.4 Å². The number of phenols is 1. The number of benzene rings is 2. The van der Waals surface area contributed by atoms with Crippen LogP contribution in [0.25, 0.3) is 0 Å². The molecule has 194 valence electrons. The number of phenolic OH excluding ortho intramolecular Hbond substituents is 1. The third kappa shape index (κ3) is 7.95. The maximum atomic E-state index is 13.0. The molecule has 3 rings (SSSR count). The zero-order valence-electron chi connectivity index (χ0n) is 20.9. The van der Waals surface area contributed by atoms with E-state index < -0.39 is 0 Å². The summed E-state index contributed by atoms with van der Waals surface area (Å²) >= 11 is 0. The fraction of sp³-hybridized carbons (Fsp3) is 0.481. The van der Waals surface area contributed by atoms with E-state index >= 15 is 0 Å². The van der Waals surface area contributed by atoms with Gasteiger partial charge in [0.15, 0.2) is 0 Å². The Kier molecular flexibility index (Phi) is 12.2. The molecular weight excluding hydrogens is 466 g/mol. The number of halogens is 1. The largest absolute Gasteiger partial charge is 0.508 e. The van der Waals surface area contributed by atoms with Gasteiger partial charge in [-0.1, -0.05) is 56.3 Å². The van der Waals surface area contributed by atoms with Crippen molar-refractivity contribution in [2.75, 3.05) is 32.7 Å². The normalized spacial score (nSPS) is 20.6. The summed E-state index contributed by atoms with van der Waals surface area (Å²) in [5.74, 6) is 0.147. The number of piperidine rings is 1. The molecule has 0 saturated carbocycles. The minimum absolute atomic E-state index is 0. The number of nitrogens with zero attached hydrogens (tertiary/aromatic N) is 1. The molecule has 3 unspecified atom stereocenters. The predicted octanol–water partition coefficient (Wildman–Crippen LogP) is 3.02. The lowest BCUT2D eigenvalue weighted by Crippen LogP contribution is -2.48. The summed E-state index contributed by atoms with van der Waals surface area (Å²) in [4.78, 5) is 27.2. The first-order valence-corrected chi connectivity index (χ1v) is 11.9. The summed E-state index contributed by atoms with van der Waals surface area (Å²) in [7, 11) is 0. The molecule has 1 aliphatic heterocycles. The molecule has 8 heteroatoms. The smallest absolute Gasteiger partial charge is 0.239 e. The first-order valence-electron chi connectivity index (χ1n) is 11.9. The summed E-state index contributed by atoms with van der Waals surface area (Å²) in [6, 6.07) is 17.4. The first kappa shape index (κ1) is 30.4. The van der Waals surface area contributed by atoms with Crippen molar-refractivity contribution in [2.45, 2.75) is 44.9 Å². The standard InChI is InChI=1S/C27H37N3O3.ClH.H2O/c1-4-28-25(32)18-29-26(33)24(21-9-6-5-7-10-21)13-15-30-16-14-27(3,20(2)19-30)22-11-8-12-23(31)17-22;;/h5-12,17,20,24,31H,4,13-16,18-19H2,1-3H3,(H,28,32)(H,29,33);1H;1H2. The van der Waals surface area contributed by atoms with Crippen LogP contribution in [0, 0.1) is 5.92 Å². The van der Waals surface area contributed by atoms with Crippen molar-refractivity contribution >= 4 is 24.2 Å². The maximum Gasteiger partial charge on any atom is 0.239 e. The zero-order valence-corrected chi connectivity index (χ0v) is 21.7. The highest BCUT2D eigenvalue weighted by atomic mass is 35.5. The van der Waals surface area contributed by atoms with Crippen LogP contribution in [-0.4, -0.2) is 60.0 Å². The molecule has 1 heterocycles. The molecule has 0 aliphatic carbocycles. The van der Waals surface area contributed by atoms with Gasteiger partial charge in [0, 0.05) is 13.1 Å². The van der Waals surface area contributed by atoms with Gasteiger partial charge in [-0.3, -0.25) is 9.59 Å². The topological polar surface area (TPSA) is 113 Å². The molecule has 0 bridgehead atoms. The Labute approximate surface area is 215 Å². The van der Waals surface area contributed by atoms with Gasteiger partial charge in [0.25, 0.3) is 0 Å². The average molecular weight is 506 g/mol. The quantitative estimate of drug-likeness (QED) is 0.486. The number of nitrogens with one attached hydrogen (secondary N) is 2. The number of amides is 2. The Bertz CT molecular complexity index is 943. The SMILES string of the molecule is CCNC(=O)CNC(=O)C(CCN1CCC(C)(c2cccc(O)c2)C(C)C1)c1ccccc1.Cl.O. The lowest BCUT2D eigenvalue weighted by atomic mass is 9.68. The Morgan fingerprint density at radius 3 is 2.49 bits per heavy atom. The predicted molar refractivity (Wildman–Crippen MR) is 142 cm³/mol. The van der Waals surface area contributed by atoms with Crippen LogP contribution in [0.2, 0.25) is 0 Å². The second kappa shape index (κ2) is 14.1. The molecule has 7 nitrogen and oxygen atoms in total. The fourth-order valence-corrected chi connectivity index (χ4v) is 4.81. The molecular formula is C27H40ClN3O4. The molecule has 1 aliphatic rings. The second-order valence-electron chi connectivity index (χ2n) is 9.34. The van der Waals surface area contributed by atoms with E-state index in [-0.39, 0.29) is 47.6 Å². The van der Waals surface area contributed by atoms with Crippen LogP contribution in [0.5, 0.6) is 5.75 Å². The van der Waals surface area contributed by atoms with Crippen molar-refractivity contribution in [3.8, 4) is 5.75 Å². The van der Waals surface area contributed by atoms with Gasteiger partial charge in [0.2, 0.25) is 11.8 Å². The van der Waals surface area contributed by atoms with E-state index in [9.17, 15) is 14.7 Å². The Hall–Kier alpha value is -2.61. The third-order valence-electron chi connectivity index (χ3n) is 7.12. The highest BCUT2D eigenvalue weighted by Gasteiger charge is 2.38. The molecule has 1 saturated heterocycles. The van der Waals surface area contributed by atoms with E-state index in [1.54, 1.807) is 6.07 Å².